The SMILES string of the molecule is CCCc1nc2ccc(Br)cc2c(=O)n1N=Cc1c(O[C@@H](C)C(=O)OC)ccc2ccccc12. The molecule has 0 unspecified atom stereocenters. The van der Waals surface area contributed by atoms with E-state index in [-0.39, 0.29) is 5.56 Å². The number of hydrogen-bond acceptors (Lipinski definition) is 6. The van der Waals surface area contributed by atoms with E-state index < -0.39 is 12.1 Å². The molecule has 3 aromatic carbocycles. The smallest absolute Gasteiger partial charge is 0.346 e. The molecule has 0 saturated carbocycles. The van der Waals surface area contributed by atoms with Crippen molar-refractivity contribution in [2.75, 3.05) is 7.11 Å². The second kappa shape index (κ2) is 10.2. The molecule has 0 amide bonds. The molecule has 0 N–H and O–H groups in total. The van der Waals surface area contributed by atoms with Crippen LogP contribution in [0, 0.1) is 0 Å². The highest BCUT2D eigenvalue weighted by Gasteiger charge is 2.18. The predicted molar refractivity (Wildman–Crippen MR) is 137 cm³/mol. The Morgan fingerprint density at radius 2 is 1.97 bits per heavy atom. The van der Waals surface area contributed by atoms with Crippen LogP contribution in [0.3, 0.4) is 0 Å². The van der Waals surface area contributed by atoms with Crippen LogP contribution >= 0.6 is 15.9 Å². The summed E-state index contributed by atoms with van der Waals surface area (Å²) in [6.45, 7) is 3.65. The highest BCUT2D eigenvalue weighted by molar-refractivity contribution is 9.10. The number of hydrogen-bond donors (Lipinski definition) is 0. The Morgan fingerprint density at radius 1 is 1.18 bits per heavy atom. The van der Waals surface area contributed by atoms with Crippen molar-refractivity contribution >= 4 is 49.8 Å². The molecule has 0 radical (unpaired) electrons. The molecular formula is C26H24BrN3O4. The molecule has 1 atom stereocenters. The van der Waals surface area contributed by atoms with Crippen molar-refractivity contribution in [3.63, 3.8) is 0 Å². The largest absolute Gasteiger partial charge is 0.478 e. The minimum Gasteiger partial charge on any atom is -0.478 e. The highest BCUT2D eigenvalue weighted by atomic mass is 79.9. The van der Waals surface area contributed by atoms with E-state index in [0.29, 0.717) is 34.5 Å². The minimum absolute atomic E-state index is 0.253. The van der Waals surface area contributed by atoms with Gasteiger partial charge in [0.15, 0.2) is 6.10 Å². The second-order valence-electron chi connectivity index (χ2n) is 7.78. The van der Waals surface area contributed by atoms with E-state index in [9.17, 15) is 9.59 Å². The summed E-state index contributed by atoms with van der Waals surface area (Å²) in [6, 6.07) is 16.9. The Hall–Kier alpha value is -3.52. The fourth-order valence-corrected chi connectivity index (χ4v) is 4.09. The third kappa shape index (κ3) is 4.72. The van der Waals surface area contributed by atoms with E-state index in [2.05, 4.69) is 26.0 Å². The van der Waals surface area contributed by atoms with E-state index in [1.165, 1.54) is 11.8 Å². The van der Waals surface area contributed by atoms with Gasteiger partial charge < -0.3 is 9.47 Å². The monoisotopic (exact) mass is 521 g/mol. The quantitative estimate of drug-likeness (QED) is 0.250. The number of aromatic nitrogens is 2. The first-order chi connectivity index (χ1) is 16.4. The van der Waals surface area contributed by atoms with Gasteiger partial charge in [-0.05, 0) is 48.4 Å². The van der Waals surface area contributed by atoms with Gasteiger partial charge in [-0.25, -0.2) is 9.78 Å². The van der Waals surface area contributed by atoms with Crippen molar-refractivity contribution in [1.82, 2.24) is 9.66 Å². The molecule has 0 saturated heterocycles. The number of esters is 1. The van der Waals surface area contributed by atoms with E-state index in [0.717, 1.165) is 21.7 Å². The number of aryl methyl sites for hydroxylation is 1. The molecule has 0 spiro atoms. The summed E-state index contributed by atoms with van der Waals surface area (Å²) in [5.41, 5.74) is 1.03. The number of methoxy groups -OCH3 is 1. The first kappa shape index (κ1) is 23.6. The molecule has 0 aliphatic rings. The van der Waals surface area contributed by atoms with Gasteiger partial charge in [-0.15, -0.1) is 0 Å². The fraction of sp³-hybridized carbons (Fsp3) is 0.231. The Labute approximate surface area is 205 Å². The summed E-state index contributed by atoms with van der Waals surface area (Å²) >= 11 is 3.42. The van der Waals surface area contributed by atoms with Gasteiger partial charge in [0.1, 0.15) is 11.6 Å². The van der Waals surface area contributed by atoms with Crippen molar-refractivity contribution in [1.29, 1.82) is 0 Å². The third-order valence-corrected chi connectivity index (χ3v) is 5.91. The average Bonchev–Trinajstić information content (AvgIpc) is 2.84. The van der Waals surface area contributed by atoms with Crippen LogP contribution in [0.25, 0.3) is 21.7 Å². The standard InChI is InChI=1S/C26H24BrN3O4/c1-4-7-24-29-22-12-11-18(27)14-20(22)25(31)30(24)28-15-21-19-9-6-5-8-17(19)10-13-23(21)34-16(2)26(32)33-3/h5-6,8-16H,4,7H2,1-3H3/t16-/m0/s1. The zero-order chi connectivity index (χ0) is 24.2. The van der Waals surface area contributed by atoms with E-state index in [1.54, 1.807) is 25.3 Å². The average molecular weight is 522 g/mol. The van der Waals surface area contributed by atoms with Crippen molar-refractivity contribution in [3.8, 4) is 5.75 Å². The maximum Gasteiger partial charge on any atom is 0.346 e. The molecule has 4 aromatic rings. The van der Waals surface area contributed by atoms with Crippen LogP contribution < -0.4 is 10.3 Å². The summed E-state index contributed by atoms with van der Waals surface area (Å²) in [5.74, 6) is 0.549. The predicted octanol–water partition coefficient (Wildman–Crippen LogP) is 5.09. The van der Waals surface area contributed by atoms with Crippen molar-refractivity contribution in [3.05, 3.63) is 80.8 Å². The number of fused-ring (bicyclic) bond motifs is 2. The number of ether oxygens (including phenoxy) is 2. The van der Waals surface area contributed by atoms with Crippen LogP contribution in [0.1, 0.15) is 31.7 Å². The molecule has 34 heavy (non-hydrogen) atoms. The summed E-state index contributed by atoms with van der Waals surface area (Å²) in [5, 5.41) is 6.89. The summed E-state index contributed by atoms with van der Waals surface area (Å²) in [7, 11) is 1.32. The molecule has 0 aliphatic carbocycles. The zero-order valence-corrected chi connectivity index (χ0v) is 20.7. The number of rotatable bonds is 7. The van der Waals surface area contributed by atoms with Gasteiger partial charge in [-0.3, -0.25) is 4.79 Å². The lowest BCUT2D eigenvalue weighted by atomic mass is 10.0. The zero-order valence-electron chi connectivity index (χ0n) is 19.1. The Kier molecular flexibility index (Phi) is 7.07. The number of carbonyl (C=O) groups excluding carboxylic acids is 1. The van der Waals surface area contributed by atoms with E-state index in [4.69, 9.17) is 9.47 Å². The molecule has 0 aliphatic heterocycles. The van der Waals surface area contributed by atoms with Crippen molar-refractivity contribution < 1.29 is 14.3 Å². The van der Waals surface area contributed by atoms with Crippen molar-refractivity contribution in [2.24, 2.45) is 5.10 Å². The molecule has 1 aromatic heterocycles. The number of benzene rings is 3. The van der Waals surface area contributed by atoms with Crippen LogP contribution in [0.4, 0.5) is 0 Å². The van der Waals surface area contributed by atoms with Crippen molar-refractivity contribution in [2.45, 2.75) is 32.8 Å². The van der Waals surface area contributed by atoms with Gasteiger partial charge in [-0.2, -0.15) is 9.78 Å². The van der Waals surface area contributed by atoms with Crippen LogP contribution in [-0.4, -0.2) is 35.1 Å². The molecule has 8 heteroatoms. The van der Waals surface area contributed by atoms with Crippen LogP contribution in [0.15, 0.2) is 69.0 Å². The number of halogens is 1. The molecule has 4 rings (SSSR count). The maximum atomic E-state index is 13.3. The van der Waals surface area contributed by atoms with Crippen LogP contribution in [0.2, 0.25) is 0 Å². The number of carbonyl (C=O) groups is 1. The first-order valence-electron chi connectivity index (χ1n) is 10.9. The summed E-state index contributed by atoms with van der Waals surface area (Å²) < 4.78 is 12.8. The van der Waals surface area contributed by atoms with Gasteiger partial charge in [-0.1, -0.05) is 53.2 Å². The molecule has 174 valence electrons. The Bertz CT molecular complexity index is 1460. The van der Waals surface area contributed by atoms with Gasteiger partial charge >= 0.3 is 5.97 Å². The Balaban J connectivity index is 1.88. The fourth-order valence-electron chi connectivity index (χ4n) is 3.73. The molecule has 0 fully saturated rings. The summed E-state index contributed by atoms with van der Waals surface area (Å²) in [4.78, 5) is 30.0. The topological polar surface area (TPSA) is 82.8 Å². The maximum absolute atomic E-state index is 13.3. The van der Waals surface area contributed by atoms with Gasteiger partial charge in [0.2, 0.25) is 0 Å². The second-order valence-corrected chi connectivity index (χ2v) is 8.70. The lowest BCUT2D eigenvalue weighted by Crippen LogP contribution is -2.25. The van der Waals surface area contributed by atoms with Gasteiger partial charge in [0.25, 0.3) is 5.56 Å². The lowest BCUT2D eigenvalue weighted by molar-refractivity contribution is -0.147. The molecular weight excluding hydrogens is 498 g/mol. The summed E-state index contributed by atoms with van der Waals surface area (Å²) in [6.07, 6.45) is 2.18. The van der Waals surface area contributed by atoms with Gasteiger partial charge in [0, 0.05) is 16.5 Å². The highest BCUT2D eigenvalue weighted by Crippen LogP contribution is 2.28. The third-order valence-electron chi connectivity index (χ3n) is 5.42. The first-order valence-corrected chi connectivity index (χ1v) is 11.7. The lowest BCUT2D eigenvalue weighted by Gasteiger charge is -2.16. The minimum atomic E-state index is -0.809. The van der Waals surface area contributed by atoms with Gasteiger partial charge in [0.05, 0.1) is 24.2 Å². The van der Waals surface area contributed by atoms with E-state index in [1.807, 2.05) is 49.4 Å². The van der Waals surface area contributed by atoms with E-state index >= 15 is 0 Å². The number of nitrogens with zero attached hydrogens (tertiary/aromatic N) is 3. The Morgan fingerprint density at radius 3 is 2.74 bits per heavy atom. The van der Waals surface area contributed by atoms with Crippen LogP contribution in [-0.2, 0) is 16.0 Å². The molecule has 0 bridgehead atoms. The molecule has 7 nitrogen and oxygen atoms in total. The normalized spacial score (nSPS) is 12.4. The van der Waals surface area contributed by atoms with Crippen LogP contribution in [0.5, 0.6) is 5.75 Å². The molecule has 1 heterocycles.